The lowest BCUT2D eigenvalue weighted by molar-refractivity contribution is -0.0109. The highest BCUT2D eigenvalue weighted by atomic mass is 16.5. The molecule has 0 N–H and O–H groups in total. The molecule has 0 atom stereocenters. The summed E-state index contributed by atoms with van der Waals surface area (Å²) in [7, 11) is 1.72. The van der Waals surface area contributed by atoms with E-state index in [2.05, 4.69) is 13.8 Å². The van der Waals surface area contributed by atoms with Crippen LogP contribution in [-0.2, 0) is 9.47 Å². The summed E-state index contributed by atoms with van der Waals surface area (Å²) in [6, 6.07) is 0. The van der Waals surface area contributed by atoms with E-state index in [0.29, 0.717) is 6.10 Å². The van der Waals surface area contributed by atoms with Crippen molar-refractivity contribution in [3.05, 3.63) is 0 Å². The second kappa shape index (κ2) is 6.41. The lowest BCUT2D eigenvalue weighted by Crippen LogP contribution is -2.25. The minimum absolute atomic E-state index is 0.500. The van der Waals surface area contributed by atoms with Crippen molar-refractivity contribution in [2.45, 2.75) is 45.6 Å². The van der Waals surface area contributed by atoms with Gasteiger partial charge in [-0.15, -0.1) is 0 Å². The number of hydrogen-bond acceptors (Lipinski definition) is 2. The second-order valence-electron chi connectivity index (χ2n) is 4.64. The van der Waals surface area contributed by atoms with Crippen LogP contribution in [0.4, 0.5) is 0 Å². The molecule has 0 aliphatic heterocycles. The van der Waals surface area contributed by atoms with Gasteiger partial charge in [-0.2, -0.15) is 0 Å². The monoisotopic (exact) mass is 200 g/mol. The van der Waals surface area contributed by atoms with Crippen molar-refractivity contribution in [1.29, 1.82) is 0 Å². The van der Waals surface area contributed by atoms with Crippen LogP contribution >= 0.6 is 0 Å². The second-order valence-corrected chi connectivity index (χ2v) is 4.64. The summed E-state index contributed by atoms with van der Waals surface area (Å²) in [5.74, 6) is 1.77. The first kappa shape index (κ1) is 12.0. The molecule has 0 radical (unpaired) electrons. The Balaban J connectivity index is 2.09. The highest BCUT2D eigenvalue weighted by Crippen LogP contribution is 2.31. The molecule has 0 bridgehead atoms. The van der Waals surface area contributed by atoms with Crippen LogP contribution in [0.5, 0.6) is 0 Å². The molecule has 0 aromatic rings. The summed E-state index contributed by atoms with van der Waals surface area (Å²) >= 11 is 0. The lowest BCUT2D eigenvalue weighted by atomic mass is 9.80. The topological polar surface area (TPSA) is 18.5 Å². The molecule has 0 amide bonds. The van der Waals surface area contributed by atoms with Gasteiger partial charge in [-0.1, -0.05) is 13.8 Å². The van der Waals surface area contributed by atoms with E-state index >= 15 is 0 Å². The van der Waals surface area contributed by atoms with Gasteiger partial charge in [0.1, 0.15) is 0 Å². The van der Waals surface area contributed by atoms with Gasteiger partial charge in [-0.25, -0.2) is 0 Å². The molecule has 1 fully saturated rings. The molecule has 0 spiro atoms. The third kappa shape index (κ3) is 3.97. The molecule has 0 aromatic heterocycles. The fraction of sp³-hybridized carbons (Fsp3) is 1.00. The van der Waals surface area contributed by atoms with Crippen molar-refractivity contribution in [2.24, 2.45) is 11.8 Å². The van der Waals surface area contributed by atoms with E-state index in [1.165, 1.54) is 25.7 Å². The van der Waals surface area contributed by atoms with Gasteiger partial charge in [-0.3, -0.25) is 0 Å². The first-order valence-electron chi connectivity index (χ1n) is 5.84. The molecule has 84 valence electrons. The van der Waals surface area contributed by atoms with Crippen molar-refractivity contribution >= 4 is 0 Å². The zero-order chi connectivity index (χ0) is 10.4. The molecule has 0 unspecified atom stereocenters. The summed E-state index contributed by atoms with van der Waals surface area (Å²) in [6.07, 6.45) is 5.67. The minimum atomic E-state index is 0.500. The van der Waals surface area contributed by atoms with Gasteiger partial charge in [0.2, 0.25) is 0 Å². The third-order valence-electron chi connectivity index (χ3n) is 3.30. The standard InChI is InChI=1S/C12H24O2/c1-10(2)11-4-6-12(7-5-11)14-9-8-13-3/h10-12H,4-9H2,1-3H3. The minimum Gasteiger partial charge on any atom is -0.382 e. The van der Waals surface area contributed by atoms with Crippen LogP contribution in [0, 0.1) is 11.8 Å². The van der Waals surface area contributed by atoms with Gasteiger partial charge >= 0.3 is 0 Å². The van der Waals surface area contributed by atoms with E-state index in [1.807, 2.05) is 0 Å². The van der Waals surface area contributed by atoms with Crippen molar-refractivity contribution in [1.82, 2.24) is 0 Å². The Morgan fingerprint density at radius 3 is 2.21 bits per heavy atom. The summed E-state index contributed by atoms with van der Waals surface area (Å²) in [6.45, 7) is 6.14. The van der Waals surface area contributed by atoms with E-state index in [9.17, 15) is 0 Å². The van der Waals surface area contributed by atoms with Crippen molar-refractivity contribution in [3.63, 3.8) is 0 Å². The summed E-state index contributed by atoms with van der Waals surface area (Å²) in [4.78, 5) is 0. The molecule has 2 heteroatoms. The first-order valence-corrected chi connectivity index (χ1v) is 5.84. The Morgan fingerprint density at radius 2 is 1.71 bits per heavy atom. The molecule has 0 aromatic carbocycles. The molecule has 2 nitrogen and oxygen atoms in total. The lowest BCUT2D eigenvalue weighted by Gasteiger charge is -2.30. The van der Waals surface area contributed by atoms with Crippen LogP contribution in [0.25, 0.3) is 0 Å². The normalized spacial score (nSPS) is 28.3. The van der Waals surface area contributed by atoms with Crippen LogP contribution in [0.3, 0.4) is 0 Å². The van der Waals surface area contributed by atoms with Crippen LogP contribution in [0.1, 0.15) is 39.5 Å². The van der Waals surface area contributed by atoms with Gasteiger partial charge in [0.15, 0.2) is 0 Å². The molecule has 0 saturated heterocycles. The highest BCUT2D eigenvalue weighted by molar-refractivity contribution is 4.74. The van der Waals surface area contributed by atoms with Crippen LogP contribution in [0.2, 0.25) is 0 Å². The number of hydrogen-bond donors (Lipinski definition) is 0. The van der Waals surface area contributed by atoms with Crippen molar-refractivity contribution < 1.29 is 9.47 Å². The SMILES string of the molecule is COCCOC1CCC(C(C)C)CC1. The van der Waals surface area contributed by atoms with E-state index in [4.69, 9.17) is 9.47 Å². The summed E-state index contributed by atoms with van der Waals surface area (Å²) in [5.41, 5.74) is 0. The smallest absolute Gasteiger partial charge is 0.0704 e. The molecule has 1 aliphatic rings. The Kier molecular flexibility index (Phi) is 5.49. The first-order chi connectivity index (χ1) is 6.74. The number of ether oxygens (including phenoxy) is 2. The Bertz CT molecular complexity index is 137. The van der Waals surface area contributed by atoms with Gasteiger partial charge in [0.05, 0.1) is 19.3 Å². The number of rotatable bonds is 5. The zero-order valence-corrected chi connectivity index (χ0v) is 9.79. The molecule has 1 rings (SSSR count). The van der Waals surface area contributed by atoms with Gasteiger partial charge in [0.25, 0.3) is 0 Å². The van der Waals surface area contributed by atoms with Crippen molar-refractivity contribution in [3.8, 4) is 0 Å². The maximum absolute atomic E-state index is 5.73. The quantitative estimate of drug-likeness (QED) is 0.635. The predicted octanol–water partition coefficient (Wildman–Crippen LogP) is 2.86. The molecule has 14 heavy (non-hydrogen) atoms. The molecule has 1 aliphatic carbocycles. The summed E-state index contributed by atoms with van der Waals surface area (Å²) < 4.78 is 10.7. The van der Waals surface area contributed by atoms with Crippen molar-refractivity contribution in [2.75, 3.05) is 20.3 Å². The largest absolute Gasteiger partial charge is 0.382 e. The van der Waals surface area contributed by atoms with Gasteiger partial charge in [0, 0.05) is 7.11 Å². The zero-order valence-electron chi connectivity index (χ0n) is 9.79. The third-order valence-corrected chi connectivity index (χ3v) is 3.30. The maximum atomic E-state index is 5.73. The molecule has 0 heterocycles. The highest BCUT2D eigenvalue weighted by Gasteiger charge is 2.23. The molecule has 1 saturated carbocycles. The molecular weight excluding hydrogens is 176 g/mol. The molecular formula is C12H24O2. The van der Waals surface area contributed by atoms with E-state index in [0.717, 1.165) is 25.0 Å². The average Bonchev–Trinajstić information content (AvgIpc) is 2.19. The average molecular weight is 200 g/mol. The van der Waals surface area contributed by atoms with Crippen LogP contribution in [0.15, 0.2) is 0 Å². The van der Waals surface area contributed by atoms with Crippen LogP contribution in [-0.4, -0.2) is 26.4 Å². The van der Waals surface area contributed by atoms with Crippen LogP contribution < -0.4 is 0 Å². The Morgan fingerprint density at radius 1 is 1.07 bits per heavy atom. The van der Waals surface area contributed by atoms with Gasteiger partial charge < -0.3 is 9.47 Å². The predicted molar refractivity (Wildman–Crippen MR) is 58.4 cm³/mol. The Hall–Kier alpha value is -0.0800. The van der Waals surface area contributed by atoms with E-state index in [1.54, 1.807) is 7.11 Å². The Labute approximate surface area is 88.0 Å². The van der Waals surface area contributed by atoms with E-state index < -0.39 is 0 Å². The number of methoxy groups -OCH3 is 1. The summed E-state index contributed by atoms with van der Waals surface area (Å²) in [5, 5.41) is 0. The van der Waals surface area contributed by atoms with E-state index in [-0.39, 0.29) is 0 Å². The maximum Gasteiger partial charge on any atom is 0.0704 e. The fourth-order valence-electron chi connectivity index (χ4n) is 2.22. The fourth-order valence-corrected chi connectivity index (χ4v) is 2.22. The van der Waals surface area contributed by atoms with Gasteiger partial charge in [-0.05, 0) is 37.5 Å².